The Hall–Kier alpha value is -0.940. The Morgan fingerprint density at radius 3 is 2.76 bits per heavy atom. The zero-order valence-electron chi connectivity index (χ0n) is 18.8. The molecule has 29 heavy (non-hydrogen) atoms. The van der Waals surface area contributed by atoms with E-state index in [1.54, 1.807) is 0 Å². The predicted molar refractivity (Wildman–Crippen MR) is 129 cm³/mol. The second-order valence-corrected chi connectivity index (χ2v) is 7.93. The molecule has 2 N–H and O–H groups in total. The number of guanidine groups is 1. The minimum absolute atomic E-state index is 0. The van der Waals surface area contributed by atoms with Gasteiger partial charge in [-0.3, -0.25) is 4.90 Å². The molecule has 0 aromatic carbocycles. The number of hydrogen-bond donors (Lipinski definition) is 2. The van der Waals surface area contributed by atoms with E-state index in [9.17, 15) is 0 Å². The van der Waals surface area contributed by atoms with Crippen LogP contribution >= 0.6 is 24.0 Å². The fourth-order valence-corrected chi connectivity index (χ4v) is 3.49. The fourth-order valence-electron chi connectivity index (χ4n) is 3.49. The minimum Gasteiger partial charge on any atom is -0.382 e. The number of nitrogens with zero attached hydrogens (tertiary/aromatic N) is 5. The summed E-state index contributed by atoms with van der Waals surface area (Å²) in [6.07, 6.45) is 3.49. The molecule has 0 unspecified atom stereocenters. The van der Waals surface area contributed by atoms with Crippen molar-refractivity contribution in [2.24, 2.45) is 18.0 Å². The summed E-state index contributed by atoms with van der Waals surface area (Å²) < 4.78 is 7.41. The molecule has 0 spiro atoms. The Labute approximate surface area is 193 Å². The van der Waals surface area contributed by atoms with Crippen LogP contribution in [0.3, 0.4) is 0 Å². The van der Waals surface area contributed by atoms with Crippen LogP contribution in [0.5, 0.6) is 0 Å². The molecule has 0 saturated carbocycles. The van der Waals surface area contributed by atoms with Crippen LogP contribution < -0.4 is 10.6 Å². The van der Waals surface area contributed by atoms with Crippen molar-refractivity contribution in [3.63, 3.8) is 0 Å². The molecule has 1 aromatic heterocycles. The lowest BCUT2D eigenvalue weighted by molar-refractivity contribution is 0.145. The molecule has 1 aliphatic heterocycles. The molecule has 0 radical (unpaired) electrons. The lowest BCUT2D eigenvalue weighted by atomic mass is 10.1. The van der Waals surface area contributed by atoms with E-state index >= 15 is 0 Å². The lowest BCUT2D eigenvalue weighted by Crippen LogP contribution is -2.46. The average Bonchev–Trinajstić information content (AvgIpc) is 3.23. The predicted octanol–water partition coefficient (Wildman–Crippen LogP) is 2.32. The van der Waals surface area contributed by atoms with E-state index in [2.05, 4.69) is 39.6 Å². The molecule has 0 aliphatic carbocycles. The van der Waals surface area contributed by atoms with Gasteiger partial charge in [0.25, 0.3) is 0 Å². The van der Waals surface area contributed by atoms with E-state index in [1.165, 1.54) is 25.9 Å². The van der Waals surface area contributed by atoms with Gasteiger partial charge in [-0.15, -0.1) is 34.2 Å². The summed E-state index contributed by atoms with van der Waals surface area (Å²) >= 11 is 0. The van der Waals surface area contributed by atoms with Crippen LogP contribution in [-0.2, 0) is 18.3 Å². The molecule has 1 aromatic rings. The summed E-state index contributed by atoms with van der Waals surface area (Å²) in [7, 11) is 1.98. The molecule has 8 nitrogen and oxygen atoms in total. The van der Waals surface area contributed by atoms with Crippen LogP contribution in [-0.4, -0.2) is 71.1 Å². The van der Waals surface area contributed by atoms with Crippen LogP contribution in [0.25, 0.3) is 0 Å². The normalized spacial score (nSPS) is 17.6. The number of nitrogens with one attached hydrogen (secondary N) is 2. The Morgan fingerprint density at radius 2 is 2.10 bits per heavy atom. The SMILES string of the molecule is CCOCCCNC(=NCc1nnc(C)n1C)NC[C@H]1CCCN1CC(C)C.I. The number of likely N-dealkylation sites (tertiary alicyclic amines) is 1. The summed E-state index contributed by atoms with van der Waals surface area (Å²) in [5.41, 5.74) is 0. The van der Waals surface area contributed by atoms with Crippen molar-refractivity contribution in [2.45, 2.75) is 59.5 Å². The minimum atomic E-state index is 0. The number of aromatic nitrogens is 3. The first-order chi connectivity index (χ1) is 13.5. The Bertz CT molecular complexity index is 606. The number of aliphatic imine (C=N–C) groups is 1. The second kappa shape index (κ2) is 14.1. The monoisotopic (exact) mass is 521 g/mol. The molecule has 168 valence electrons. The molecular weight excluding hydrogens is 481 g/mol. The zero-order valence-corrected chi connectivity index (χ0v) is 21.1. The first-order valence-corrected chi connectivity index (χ1v) is 10.7. The molecule has 0 amide bonds. The van der Waals surface area contributed by atoms with Crippen molar-refractivity contribution in [1.29, 1.82) is 0 Å². The van der Waals surface area contributed by atoms with Crippen LogP contribution in [0.1, 0.15) is 51.7 Å². The fraction of sp³-hybridized carbons (Fsp3) is 0.850. The maximum absolute atomic E-state index is 5.43. The van der Waals surface area contributed by atoms with Crippen molar-refractivity contribution in [1.82, 2.24) is 30.3 Å². The van der Waals surface area contributed by atoms with E-state index in [0.717, 1.165) is 50.3 Å². The van der Waals surface area contributed by atoms with E-state index in [1.807, 2.05) is 25.5 Å². The highest BCUT2D eigenvalue weighted by atomic mass is 127. The molecule has 1 saturated heterocycles. The van der Waals surface area contributed by atoms with Gasteiger partial charge < -0.3 is 19.9 Å². The van der Waals surface area contributed by atoms with Gasteiger partial charge in [0.05, 0.1) is 0 Å². The third kappa shape index (κ3) is 9.17. The summed E-state index contributed by atoms with van der Waals surface area (Å²) in [5.74, 6) is 3.31. The van der Waals surface area contributed by atoms with Crippen molar-refractivity contribution in [3.8, 4) is 0 Å². The average molecular weight is 521 g/mol. The summed E-state index contributed by atoms with van der Waals surface area (Å²) in [5, 5.41) is 15.3. The van der Waals surface area contributed by atoms with Crippen molar-refractivity contribution >= 4 is 29.9 Å². The molecule has 9 heteroatoms. The van der Waals surface area contributed by atoms with Gasteiger partial charge >= 0.3 is 0 Å². The van der Waals surface area contributed by atoms with Gasteiger partial charge in [-0.25, -0.2) is 4.99 Å². The van der Waals surface area contributed by atoms with Gasteiger partial charge in [0, 0.05) is 45.9 Å². The molecule has 2 heterocycles. The van der Waals surface area contributed by atoms with Crippen LogP contribution in [0.2, 0.25) is 0 Å². The smallest absolute Gasteiger partial charge is 0.191 e. The van der Waals surface area contributed by atoms with Crippen LogP contribution in [0.15, 0.2) is 4.99 Å². The van der Waals surface area contributed by atoms with E-state index in [0.29, 0.717) is 18.5 Å². The maximum Gasteiger partial charge on any atom is 0.191 e. The highest BCUT2D eigenvalue weighted by Crippen LogP contribution is 2.17. The Kier molecular flexibility index (Phi) is 12.7. The van der Waals surface area contributed by atoms with Crippen LogP contribution in [0, 0.1) is 12.8 Å². The zero-order chi connectivity index (χ0) is 20.4. The molecular formula is C20H40IN7O. The highest BCUT2D eigenvalue weighted by molar-refractivity contribution is 14.0. The first kappa shape index (κ1) is 26.1. The van der Waals surface area contributed by atoms with Crippen LogP contribution in [0.4, 0.5) is 0 Å². The topological polar surface area (TPSA) is 79.6 Å². The van der Waals surface area contributed by atoms with Gasteiger partial charge in [0.1, 0.15) is 12.4 Å². The van der Waals surface area contributed by atoms with E-state index in [-0.39, 0.29) is 24.0 Å². The van der Waals surface area contributed by atoms with E-state index in [4.69, 9.17) is 9.73 Å². The standard InChI is InChI=1S/C20H39N7O.HI/c1-6-28-12-8-10-21-20(23-14-19-25-24-17(4)26(19)5)22-13-18-9-7-11-27(18)15-16(2)3;/h16,18H,6-15H2,1-5H3,(H2,21,22,23);1H/t18-;/m1./s1. The van der Waals surface area contributed by atoms with Crippen molar-refractivity contribution in [3.05, 3.63) is 11.6 Å². The molecule has 0 bridgehead atoms. The summed E-state index contributed by atoms with van der Waals surface area (Å²) in [6, 6.07) is 0.579. The third-order valence-corrected chi connectivity index (χ3v) is 5.13. The number of rotatable bonds is 11. The summed E-state index contributed by atoms with van der Waals surface area (Å²) in [4.78, 5) is 7.35. The van der Waals surface area contributed by atoms with Gasteiger partial charge in [-0.1, -0.05) is 13.8 Å². The summed E-state index contributed by atoms with van der Waals surface area (Å²) in [6.45, 7) is 14.7. The van der Waals surface area contributed by atoms with Gasteiger partial charge in [-0.2, -0.15) is 0 Å². The molecule has 1 aliphatic rings. The number of hydrogen-bond acceptors (Lipinski definition) is 5. The first-order valence-electron chi connectivity index (χ1n) is 10.7. The van der Waals surface area contributed by atoms with Crippen molar-refractivity contribution in [2.75, 3.05) is 39.4 Å². The van der Waals surface area contributed by atoms with Crippen molar-refractivity contribution < 1.29 is 4.74 Å². The number of halogens is 1. The second-order valence-electron chi connectivity index (χ2n) is 7.93. The maximum atomic E-state index is 5.43. The van der Waals surface area contributed by atoms with Gasteiger partial charge in [0.15, 0.2) is 11.8 Å². The quantitative estimate of drug-likeness (QED) is 0.202. The number of ether oxygens (including phenoxy) is 1. The Morgan fingerprint density at radius 1 is 1.31 bits per heavy atom. The molecule has 2 rings (SSSR count). The highest BCUT2D eigenvalue weighted by Gasteiger charge is 2.24. The van der Waals surface area contributed by atoms with Gasteiger partial charge in [0.2, 0.25) is 0 Å². The number of aryl methyl sites for hydroxylation is 1. The van der Waals surface area contributed by atoms with E-state index < -0.39 is 0 Å². The lowest BCUT2D eigenvalue weighted by Gasteiger charge is -2.27. The Balaban J connectivity index is 0.00000420. The van der Waals surface area contributed by atoms with Gasteiger partial charge in [-0.05, 0) is 45.6 Å². The largest absolute Gasteiger partial charge is 0.382 e. The molecule has 1 atom stereocenters. The third-order valence-electron chi connectivity index (χ3n) is 5.13. The molecule has 1 fully saturated rings.